The van der Waals surface area contributed by atoms with Crippen molar-refractivity contribution < 1.29 is 28.7 Å². The number of rotatable bonds is 15. The SMILES string of the molecule is Cc1ncsc1-c1ccc(C2(NC(=O)[C@@H]3C[C@@H](O)CN3C(=O)[C@@H](n3cc(C4CCN(CC5(COc6cc(Oc7cncnc7)nc(-c7noc8c7CCC[C@@]87CCCc8sc(N)c(C#N)c87)n6)CC5)CC4)nn3)C(C)(C)C)CC2)cc1. The third-order valence-corrected chi connectivity index (χ3v) is 19.9. The van der Waals surface area contributed by atoms with Crippen LogP contribution in [-0.2, 0) is 33.4 Å². The van der Waals surface area contributed by atoms with Gasteiger partial charge in [-0.3, -0.25) is 9.59 Å². The minimum absolute atomic E-state index is 0.0566. The molecule has 8 heterocycles. The first-order chi connectivity index (χ1) is 39.1. The second-order valence-corrected chi connectivity index (χ2v) is 26.5. The first-order valence-electron chi connectivity index (χ1n) is 28.3. The summed E-state index contributed by atoms with van der Waals surface area (Å²) in [7, 11) is 0. The van der Waals surface area contributed by atoms with Crippen molar-refractivity contribution in [2.45, 2.75) is 146 Å². The van der Waals surface area contributed by atoms with Crippen molar-refractivity contribution in [2.75, 3.05) is 38.5 Å². The molecule has 22 heteroatoms. The zero-order chi connectivity index (χ0) is 55.8. The lowest BCUT2D eigenvalue weighted by Gasteiger charge is -2.39. The third-order valence-electron chi connectivity index (χ3n) is 17.8. The molecule has 2 saturated carbocycles. The minimum Gasteiger partial charge on any atom is -0.477 e. The summed E-state index contributed by atoms with van der Waals surface area (Å²) in [5.74, 6) is 1.77. The number of carbonyl (C=O) groups excluding carboxylic acids is 2. The summed E-state index contributed by atoms with van der Waals surface area (Å²) in [5.41, 5.74) is 13.6. The molecular formula is C59H66N14O6S2. The number of piperidine rings is 1. The number of thiophene rings is 1. The summed E-state index contributed by atoms with van der Waals surface area (Å²) in [6.45, 7) is 11.1. The minimum atomic E-state index is -0.826. The van der Waals surface area contributed by atoms with Crippen LogP contribution in [-0.4, -0.2) is 117 Å². The van der Waals surface area contributed by atoms with E-state index in [9.17, 15) is 20.0 Å². The quantitative estimate of drug-likeness (QED) is 0.0867. The highest BCUT2D eigenvalue weighted by Gasteiger charge is 2.52. The van der Waals surface area contributed by atoms with Gasteiger partial charge in [-0.25, -0.2) is 19.6 Å². The van der Waals surface area contributed by atoms with E-state index >= 15 is 0 Å². The summed E-state index contributed by atoms with van der Waals surface area (Å²) in [4.78, 5) is 57.8. The van der Waals surface area contributed by atoms with Crippen LogP contribution < -0.4 is 20.5 Å². The van der Waals surface area contributed by atoms with Crippen molar-refractivity contribution in [3.05, 3.63) is 105 Å². The monoisotopic (exact) mass is 1130 g/mol. The van der Waals surface area contributed by atoms with Crippen LogP contribution >= 0.6 is 22.7 Å². The molecule has 13 rings (SSSR count). The van der Waals surface area contributed by atoms with Crippen molar-refractivity contribution >= 4 is 39.5 Å². The maximum Gasteiger partial charge on any atom is 0.248 e. The molecule has 4 aliphatic carbocycles. The topological polar surface area (TPSA) is 262 Å². The zero-order valence-corrected chi connectivity index (χ0v) is 47.7. The summed E-state index contributed by atoms with van der Waals surface area (Å²) in [6.07, 6.45) is 16.3. The number of hydrogen-bond acceptors (Lipinski definition) is 19. The molecule has 420 valence electrons. The fourth-order valence-corrected chi connectivity index (χ4v) is 15.3. The van der Waals surface area contributed by atoms with Crippen LogP contribution in [0.15, 0.2) is 65.3 Å². The van der Waals surface area contributed by atoms with E-state index in [0.717, 1.165) is 146 Å². The van der Waals surface area contributed by atoms with Gasteiger partial charge in [-0.1, -0.05) is 55.4 Å². The number of nitrogens with one attached hydrogen (secondary N) is 1. The number of anilines is 1. The number of thiazole rings is 1. The fourth-order valence-electron chi connectivity index (χ4n) is 13.3. The van der Waals surface area contributed by atoms with E-state index in [1.54, 1.807) is 39.4 Å². The average molecular weight is 1130 g/mol. The molecule has 1 spiro atoms. The number of aliphatic hydroxyl groups excluding tert-OH is 1. The standard InChI is InChI=1S/C59H66N14O6S2/c1-34-49(80-33-64-34)36-9-11-37(12-10-36)59(19-20-59)67-54(75)43-23-38(74)28-72(43)55(76)50(56(2,3)4)73-29-42(68-70-73)35-13-21-71(22-14-35)30-57(17-18-57)31-77-45-24-46(78-39-26-62-32-63-27-39)66-53(65-45)48-40-7-5-15-58(51(40)79-69-48)16-6-8-44-47(58)41(25-60)52(61)81-44/h9-12,24,26-27,29,32-33,35,38,43,50,74H,5-8,13-23,28,30-31,61H2,1-4H3,(H,67,75)/t38-,43+,50-,58+/m1/s1. The van der Waals surface area contributed by atoms with E-state index in [1.165, 1.54) is 17.7 Å². The number of aromatic nitrogens is 9. The van der Waals surface area contributed by atoms with E-state index in [4.69, 9.17) is 29.7 Å². The zero-order valence-electron chi connectivity index (χ0n) is 46.1. The number of nitrogen functional groups attached to an aromatic ring is 1. The van der Waals surface area contributed by atoms with Crippen molar-refractivity contribution in [2.24, 2.45) is 10.8 Å². The molecule has 0 bridgehead atoms. The molecule has 7 aromatic rings. The predicted octanol–water partition coefficient (Wildman–Crippen LogP) is 8.60. The first kappa shape index (κ1) is 53.1. The van der Waals surface area contributed by atoms with E-state index < -0.39 is 34.6 Å². The van der Waals surface area contributed by atoms with Crippen LogP contribution in [0.2, 0.25) is 0 Å². The Hall–Kier alpha value is -7.19. The summed E-state index contributed by atoms with van der Waals surface area (Å²) in [5, 5.41) is 39.0. The van der Waals surface area contributed by atoms with E-state index in [1.807, 2.05) is 39.4 Å². The molecule has 0 radical (unpaired) electrons. The number of aliphatic hydroxyl groups is 1. The van der Waals surface area contributed by atoms with Gasteiger partial charge in [0.25, 0.3) is 0 Å². The number of likely N-dealkylation sites (tertiary alicyclic amines) is 2. The molecule has 6 aromatic heterocycles. The normalized spacial score (nSPS) is 22.4. The van der Waals surface area contributed by atoms with Gasteiger partial charge in [-0.15, -0.1) is 27.8 Å². The van der Waals surface area contributed by atoms with Gasteiger partial charge in [0.1, 0.15) is 29.5 Å². The Bertz CT molecular complexity index is 3540. The number of nitriles is 1. The number of ether oxygens (including phenoxy) is 2. The molecule has 0 unspecified atom stereocenters. The smallest absolute Gasteiger partial charge is 0.248 e. The maximum atomic E-state index is 14.8. The number of carbonyl (C=O) groups is 2. The molecule has 20 nitrogen and oxygen atoms in total. The molecule has 4 atom stereocenters. The summed E-state index contributed by atoms with van der Waals surface area (Å²) >= 11 is 3.12. The molecule has 1 aromatic carbocycles. The lowest BCUT2D eigenvalue weighted by atomic mass is 9.63. The molecule has 6 aliphatic rings. The number of amides is 2. The Morgan fingerprint density at radius 2 is 1.78 bits per heavy atom. The molecule has 2 aliphatic heterocycles. The van der Waals surface area contributed by atoms with Crippen LogP contribution in [0.4, 0.5) is 5.00 Å². The molecule has 2 saturated heterocycles. The number of aryl methyl sites for hydroxylation is 2. The van der Waals surface area contributed by atoms with Crippen molar-refractivity contribution in [1.29, 1.82) is 5.26 Å². The van der Waals surface area contributed by atoms with E-state index in [-0.39, 0.29) is 42.0 Å². The Balaban J connectivity index is 0.662. The van der Waals surface area contributed by atoms with Gasteiger partial charge in [0.05, 0.1) is 69.5 Å². The number of fused-ring (bicyclic) bond motifs is 4. The third kappa shape index (κ3) is 10.0. The highest BCUT2D eigenvalue weighted by Crippen LogP contribution is 2.56. The predicted molar refractivity (Wildman–Crippen MR) is 301 cm³/mol. The summed E-state index contributed by atoms with van der Waals surface area (Å²) in [6, 6.07) is 10.8. The summed E-state index contributed by atoms with van der Waals surface area (Å²) < 4.78 is 20.8. The van der Waals surface area contributed by atoms with Crippen molar-refractivity contribution in [3.8, 4) is 45.5 Å². The molecule has 4 N–H and O–H groups in total. The number of β-amino-alcohol motifs (C(OH)–C–C–N with tert-alkyl or cyclic N) is 1. The number of nitrogens with zero attached hydrogens (tertiary/aromatic N) is 12. The van der Waals surface area contributed by atoms with Crippen molar-refractivity contribution in [1.82, 2.24) is 60.2 Å². The lowest BCUT2D eigenvalue weighted by molar-refractivity contribution is -0.144. The van der Waals surface area contributed by atoms with Gasteiger partial charge in [-0.2, -0.15) is 15.2 Å². The van der Waals surface area contributed by atoms with Gasteiger partial charge in [0.15, 0.2) is 23.0 Å². The van der Waals surface area contributed by atoms with E-state index in [0.29, 0.717) is 40.3 Å². The van der Waals surface area contributed by atoms with Crippen LogP contribution in [0.3, 0.4) is 0 Å². The molecule has 2 amide bonds. The maximum absolute atomic E-state index is 14.8. The van der Waals surface area contributed by atoms with Crippen molar-refractivity contribution in [3.63, 3.8) is 0 Å². The van der Waals surface area contributed by atoms with Gasteiger partial charge in [0.2, 0.25) is 23.6 Å². The highest BCUT2D eigenvalue weighted by molar-refractivity contribution is 7.16. The second kappa shape index (κ2) is 20.7. The Labute approximate surface area is 477 Å². The van der Waals surface area contributed by atoms with Crippen LogP contribution in [0.5, 0.6) is 17.5 Å². The van der Waals surface area contributed by atoms with Gasteiger partial charge >= 0.3 is 0 Å². The Morgan fingerprint density at radius 1 is 1.02 bits per heavy atom. The Morgan fingerprint density at radius 3 is 2.48 bits per heavy atom. The number of nitrogens with two attached hydrogens (primary N) is 1. The van der Waals surface area contributed by atoms with Crippen LogP contribution in [0, 0.1) is 29.1 Å². The molecule has 4 fully saturated rings. The van der Waals surface area contributed by atoms with Gasteiger partial charge in [-0.05, 0) is 119 Å². The number of hydrogen-bond donors (Lipinski definition) is 3. The van der Waals surface area contributed by atoms with Gasteiger partial charge in [0, 0.05) is 47.5 Å². The molecule has 81 heavy (non-hydrogen) atoms. The van der Waals surface area contributed by atoms with Crippen LogP contribution in [0.1, 0.15) is 148 Å². The molecular weight excluding hydrogens is 1060 g/mol. The average Bonchev–Trinajstić information content (AvgIpc) is 3.34. The number of benzene rings is 1. The van der Waals surface area contributed by atoms with Crippen LogP contribution in [0.25, 0.3) is 22.0 Å². The second-order valence-electron chi connectivity index (χ2n) is 24.5. The first-order valence-corrected chi connectivity index (χ1v) is 30.0. The fraction of sp³-hybridized carbons (Fsp3) is 0.508. The van der Waals surface area contributed by atoms with E-state index in [2.05, 4.69) is 71.0 Å². The van der Waals surface area contributed by atoms with Gasteiger partial charge < -0.3 is 40.0 Å². The largest absolute Gasteiger partial charge is 0.477 e. The highest BCUT2D eigenvalue weighted by atomic mass is 32.1. The Kier molecular flexibility index (Phi) is 13.6. The lowest BCUT2D eigenvalue weighted by Crippen LogP contribution is -2.52.